The molecule has 2 aliphatic heterocycles. The van der Waals surface area contributed by atoms with E-state index in [9.17, 15) is 34.8 Å². The molecule has 0 saturated carbocycles. The molecule has 0 aliphatic carbocycles. The fourth-order valence-electron chi connectivity index (χ4n) is 10.3. The molecule has 2 aliphatic rings. The van der Waals surface area contributed by atoms with Crippen molar-refractivity contribution >= 4 is 34.8 Å². The van der Waals surface area contributed by atoms with E-state index in [0.29, 0.717) is 28.4 Å². The first-order valence-electron chi connectivity index (χ1n) is 25.9. The van der Waals surface area contributed by atoms with Crippen LogP contribution in [-0.4, -0.2) is 114 Å². The first kappa shape index (κ1) is 53.3. The quantitative estimate of drug-likeness (QED) is 0.0720. The number of hydrogen-bond donors (Lipinski definition) is 14. The number of para-hydroxylation sites is 1. The van der Waals surface area contributed by atoms with Crippen LogP contribution in [0.25, 0.3) is 0 Å². The van der Waals surface area contributed by atoms with Gasteiger partial charge in [-0.3, -0.25) is 14.4 Å². The number of rotatable bonds is 13. The fraction of sp³-hybridized carbons (Fsp3) is 0.271. The monoisotopic (exact) mass is 1060 g/mol. The Morgan fingerprint density at radius 1 is 0.474 bits per heavy atom. The van der Waals surface area contributed by atoms with E-state index >= 15 is 0 Å². The van der Waals surface area contributed by atoms with Crippen molar-refractivity contribution in [3.63, 3.8) is 0 Å². The summed E-state index contributed by atoms with van der Waals surface area (Å²) in [7, 11) is 0. The minimum atomic E-state index is -1.66. The standard InChI is InChI=1S/C59H64N10O9/c1-29(60)56(74)63-35-14-8-32(9-15-35)49-39-20-22-41(66-39)50(33-10-16-36(17-11-33)64-57(75)30(2)61)43-24-26-45(68-43)52(38-6-4-5-7-47(38)77-59-55(73)54(72)53(71)48(28-70)78-59)46-27-25-44(69-46)51(42-23-21-40(49)67-42)34-12-18-37(19-13-34)65-58(76)31(3)62/h4-27,29-31,48-55,59,66-73H,28,60-62H2,1-3H3,(H,63,74)(H,64,75)(H,65,76)/t29?,30?,31?,48-,49?,50?,51?,52?,53+,54-,55-,59+/m0/s1. The predicted octanol–water partition coefficient (Wildman–Crippen LogP) is 5.07. The Kier molecular flexibility index (Phi) is 15.3. The first-order chi connectivity index (χ1) is 37.5. The number of H-pyrrole nitrogens is 4. The van der Waals surface area contributed by atoms with Crippen LogP contribution in [0.5, 0.6) is 5.75 Å². The lowest BCUT2D eigenvalue weighted by Crippen LogP contribution is -2.60. The van der Waals surface area contributed by atoms with E-state index in [1.807, 2.05) is 109 Å². The van der Waals surface area contributed by atoms with Crippen LogP contribution in [0.2, 0.25) is 0 Å². The third-order valence-electron chi connectivity index (χ3n) is 14.5. The number of hydrogen-bond acceptors (Lipinski definition) is 12. The Morgan fingerprint density at radius 2 is 0.795 bits per heavy atom. The van der Waals surface area contributed by atoms with E-state index in [1.54, 1.807) is 32.9 Å². The van der Waals surface area contributed by atoms with Crippen molar-refractivity contribution in [1.82, 2.24) is 19.9 Å². The number of nitrogens with one attached hydrogen (secondary N) is 7. The molecule has 1 fully saturated rings. The van der Waals surface area contributed by atoms with Crippen molar-refractivity contribution < 1.29 is 44.3 Å². The van der Waals surface area contributed by atoms with E-state index in [-0.39, 0.29) is 23.6 Å². The van der Waals surface area contributed by atoms with Gasteiger partial charge >= 0.3 is 0 Å². The molecule has 8 aromatic rings. The largest absolute Gasteiger partial charge is 0.462 e. The summed E-state index contributed by atoms with van der Waals surface area (Å²) in [6.07, 6.45) is -7.57. The Morgan fingerprint density at radius 3 is 1.12 bits per heavy atom. The number of nitrogens with two attached hydrogens (primary N) is 3. The summed E-state index contributed by atoms with van der Waals surface area (Å²) in [5.41, 5.74) is 29.3. The summed E-state index contributed by atoms with van der Waals surface area (Å²) >= 11 is 0. The molecule has 19 heteroatoms. The topological polar surface area (TPSA) is 328 Å². The normalized spacial score (nSPS) is 23.1. The molecular weight excluding hydrogens is 993 g/mol. The molecule has 3 amide bonds. The van der Waals surface area contributed by atoms with Crippen LogP contribution >= 0.6 is 0 Å². The van der Waals surface area contributed by atoms with E-state index < -0.39 is 73.2 Å². The van der Waals surface area contributed by atoms with Gasteiger partial charge in [-0.25, -0.2) is 0 Å². The zero-order chi connectivity index (χ0) is 54.9. The highest BCUT2D eigenvalue weighted by atomic mass is 16.7. The van der Waals surface area contributed by atoms with Crippen molar-refractivity contribution in [2.24, 2.45) is 17.2 Å². The highest BCUT2D eigenvalue weighted by molar-refractivity contribution is 5.95. The molecule has 17 N–H and O–H groups in total. The van der Waals surface area contributed by atoms with Crippen LogP contribution < -0.4 is 37.9 Å². The van der Waals surface area contributed by atoms with Crippen molar-refractivity contribution in [3.8, 4) is 5.75 Å². The predicted molar refractivity (Wildman–Crippen MR) is 294 cm³/mol. The highest BCUT2D eigenvalue weighted by Crippen LogP contribution is 2.43. The van der Waals surface area contributed by atoms with Crippen LogP contribution in [0.3, 0.4) is 0 Å². The maximum atomic E-state index is 12.7. The van der Waals surface area contributed by atoms with E-state index in [4.69, 9.17) is 26.7 Å². The van der Waals surface area contributed by atoms with E-state index in [1.165, 1.54) is 0 Å². The van der Waals surface area contributed by atoms with Gasteiger partial charge in [0.25, 0.3) is 0 Å². The van der Waals surface area contributed by atoms with Crippen molar-refractivity contribution in [2.45, 2.75) is 93.3 Å². The number of aliphatic hydroxyl groups is 4. The molecule has 1 saturated heterocycles. The minimum Gasteiger partial charge on any atom is -0.462 e. The summed E-state index contributed by atoms with van der Waals surface area (Å²) in [5.74, 6) is -2.50. The number of aromatic amines is 4. The number of ether oxygens (including phenoxy) is 2. The summed E-state index contributed by atoms with van der Waals surface area (Å²) in [5, 5.41) is 51.3. The first-order valence-corrected chi connectivity index (χ1v) is 25.9. The number of aromatic nitrogens is 4. The summed E-state index contributed by atoms with van der Waals surface area (Å²) in [6.45, 7) is 4.24. The molecule has 4 aromatic heterocycles. The summed E-state index contributed by atoms with van der Waals surface area (Å²) in [6, 6.07) is 44.4. The average molecular weight is 1060 g/mol. The molecule has 78 heavy (non-hydrogen) atoms. The lowest BCUT2D eigenvalue weighted by atomic mass is 9.91. The maximum absolute atomic E-state index is 12.7. The zero-order valence-electron chi connectivity index (χ0n) is 43.1. The average Bonchev–Trinajstić information content (AvgIpc) is 4.44. The van der Waals surface area contributed by atoms with Crippen LogP contribution in [0.4, 0.5) is 17.1 Å². The molecule has 19 nitrogen and oxygen atoms in total. The molecule has 0 radical (unpaired) electrons. The van der Waals surface area contributed by atoms with Gasteiger partial charge in [0.15, 0.2) is 0 Å². The van der Waals surface area contributed by atoms with Gasteiger partial charge in [-0.2, -0.15) is 0 Å². The second-order valence-electron chi connectivity index (χ2n) is 20.3. The van der Waals surface area contributed by atoms with Crippen LogP contribution in [0.1, 0.15) is 112 Å². The van der Waals surface area contributed by atoms with Crippen LogP contribution in [-0.2, 0) is 19.1 Å². The number of carbonyl (C=O) groups is 3. The van der Waals surface area contributed by atoms with Crippen LogP contribution in [0.15, 0.2) is 146 Å². The number of benzene rings is 4. The van der Waals surface area contributed by atoms with Gasteiger partial charge in [-0.15, -0.1) is 0 Å². The molecule has 10 rings (SSSR count). The zero-order valence-corrected chi connectivity index (χ0v) is 43.1. The van der Waals surface area contributed by atoms with E-state index in [0.717, 1.165) is 62.2 Å². The van der Waals surface area contributed by atoms with Gasteiger partial charge in [0.2, 0.25) is 24.0 Å². The van der Waals surface area contributed by atoms with E-state index in [2.05, 4.69) is 60.2 Å². The molecule has 6 heterocycles. The molecule has 10 atom stereocenters. The Balaban J connectivity index is 1.15. The Hall–Kier alpha value is -8.11. The number of amides is 3. The lowest BCUT2D eigenvalue weighted by molar-refractivity contribution is -0.277. The molecule has 8 bridgehead atoms. The second-order valence-corrected chi connectivity index (χ2v) is 20.3. The Labute approximate surface area is 449 Å². The van der Waals surface area contributed by atoms with Gasteiger partial charge in [0.05, 0.1) is 48.4 Å². The third-order valence-corrected chi connectivity index (χ3v) is 14.5. The third kappa shape index (κ3) is 10.9. The number of carbonyl (C=O) groups excluding carboxylic acids is 3. The van der Waals surface area contributed by atoms with Crippen molar-refractivity contribution in [1.29, 1.82) is 0 Å². The van der Waals surface area contributed by atoms with Gasteiger partial charge in [-0.05, 0) is 128 Å². The van der Waals surface area contributed by atoms with Gasteiger partial charge in [0, 0.05) is 68.2 Å². The summed E-state index contributed by atoms with van der Waals surface area (Å²) < 4.78 is 12.3. The number of anilines is 3. The van der Waals surface area contributed by atoms with Crippen molar-refractivity contribution in [2.75, 3.05) is 22.6 Å². The minimum absolute atomic E-state index is 0.300. The molecular formula is C59H64N10O9. The number of aliphatic hydroxyl groups excluding tert-OH is 4. The maximum Gasteiger partial charge on any atom is 0.240 e. The molecule has 4 aromatic carbocycles. The second kappa shape index (κ2) is 22.5. The molecule has 404 valence electrons. The molecule has 5 unspecified atom stereocenters. The van der Waals surface area contributed by atoms with Gasteiger partial charge in [0.1, 0.15) is 30.2 Å². The fourth-order valence-corrected chi connectivity index (χ4v) is 10.3. The lowest BCUT2D eigenvalue weighted by Gasteiger charge is -2.39. The van der Waals surface area contributed by atoms with Gasteiger partial charge in [-0.1, -0.05) is 54.6 Å². The smallest absolute Gasteiger partial charge is 0.240 e. The summed E-state index contributed by atoms with van der Waals surface area (Å²) in [4.78, 5) is 53.2. The SMILES string of the molecule is CC(N)C(=O)Nc1ccc(C2c3ccc([nH]3)C(c3ccc(NC(=O)C(C)N)cc3)c3ccc([nH]3)C(c3ccccc3O[C@@H]3O[C@@H](CO)[C@@H](O)[C@H](O)[C@@H]3O)c3ccc([nH]3)C(c3ccc(NC(=O)C(C)N)cc3)c3ccc2[nH]3)cc1. The van der Waals surface area contributed by atoms with Crippen molar-refractivity contribution in [3.05, 3.63) is 213 Å². The molecule has 0 spiro atoms. The van der Waals surface area contributed by atoms with Gasteiger partial charge < -0.3 is 83.0 Å². The van der Waals surface area contributed by atoms with Crippen LogP contribution in [0, 0.1) is 0 Å². The highest BCUT2D eigenvalue weighted by Gasteiger charge is 2.45. The Bertz CT molecular complexity index is 3230. The number of fused-ring (bicyclic) bond motifs is 8.